The first-order valence-electron chi connectivity index (χ1n) is 6.51. The minimum Gasteiger partial charge on any atom is -0.497 e. The number of rotatable bonds is 4. The van der Waals surface area contributed by atoms with Crippen LogP contribution in [-0.4, -0.2) is 13.0 Å². The highest BCUT2D eigenvalue weighted by Crippen LogP contribution is 2.18. The first kappa shape index (κ1) is 14.8. The van der Waals surface area contributed by atoms with Crippen LogP contribution in [0, 0.1) is 5.82 Å². The van der Waals surface area contributed by atoms with Crippen molar-refractivity contribution >= 4 is 11.6 Å². The number of nitrogens with one attached hydrogen (secondary N) is 1. The second kappa shape index (κ2) is 6.26. The monoisotopic (exact) mass is 288 g/mol. The van der Waals surface area contributed by atoms with E-state index >= 15 is 0 Å². The lowest BCUT2D eigenvalue weighted by atomic mass is 10.1. The molecule has 0 aliphatic heterocycles. The van der Waals surface area contributed by atoms with Crippen molar-refractivity contribution in [3.63, 3.8) is 0 Å². The summed E-state index contributed by atoms with van der Waals surface area (Å²) in [5.41, 5.74) is 6.63. The molecule has 0 saturated carbocycles. The van der Waals surface area contributed by atoms with E-state index in [0.717, 1.165) is 17.4 Å². The number of methoxy groups -OCH3 is 1. The Morgan fingerprint density at radius 1 is 1.24 bits per heavy atom. The highest BCUT2D eigenvalue weighted by atomic mass is 19.1. The Morgan fingerprint density at radius 2 is 1.90 bits per heavy atom. The first-order valence-corrected chi connectivity index (χ1v) is 6.51. The van der Waals surface area contributed by atoms with E-state index in [0.29, 0.717) is 0 Å². The number of hydrogen-bond acceptors (Lipinski definition) is 3. The standard InChI is InChI=1S/C16H17FN2O2/c1-10(11-3-6-13(21-2)7-4-11)19-16(20)14-8-5-12(18)9-15(14)17/h3-10H,18H2,1-2H3,(H,19,20)/t10-/m1/s1. The van der Waals surface area contributed by atoms with Crippen LogP contribution < -0.4 is 15.8 Å². The fourth-order valence-electron chi connectivity index (χ4n) is 1.97. The maximum atomic E-state index is 13.7. The van der Waals surface area contributed by atoms with Gasteiger partial charge in [-0.15, -0.1) is 0 Å². The number of nitrogens with two attached hydrogens (primary N) is 1. The van der Waals surface area contributed by atoms with Crippen LogP contribution in [0.15, 0.2) is 42.5 Å². The average Bonchev–Trinajstić information content (AvgIpc) is 2.47. The zero-order valence-electron chi connectivity index (χ0n) is 11.9. The van der Waals surface area contributed by atoms with Crippen LogP contribution in [-0.2, 0) is 0 Å². The van der Waals surface area contributed by atoms with Gasteiger partial charge in [0.15, 0.2) is 0 Å². The predicted molar refractivity (Wildman–Crippen MR) is 79.7 cm³/mol. The van der Waals surface area contributed by atoms with Crippen LogP contribution in [0.1, 0.15) is 28.9 Å². The van der Waals surface area contributed by atoms with Gasteiger partial charge in [-0.2, -0.15) is 0 Å². The SMILES string of the molecule is COc1ccc([C@@H](C)NC(=O)c2ccc(N)cc2F)cc1. The summed E-state index contributed by atoms with van der Waals surface area (Å²) in [5.74, 6) is -0.368. The maximum Gasteiger partial charge on any atom is 0.254 e. The van der Waals surface area contributed by atoms with Crippen molar-refractivity contribution in [3.05, 3.63) is 59.4 Å². The van der Waals surface area contributed by atoms with E-state index < -0.39 is 11.7 Å². The Labute approximate surface area is 122 Å². The van der Waals surface area contributed by atoms with Gasteiger partial charge in [0.1, 0.15) is 11.6 Å². The number of carbonyl (C=O) groups is 1. The van der Waals surface area contributed by atoms with Crippen molar-refractivity contribution in [2.45, 2.75) is 13.0 Å². The molecule has 0 heterocycles. The smallest absolute Gasteiger partial charge is 0.254 e. The third-order valence-corrected chi connectivity index (χ3v) is 3.20. The van der Waals surface area contributed by atoms with E-state index in [1.165, 1.54) is 12.1 Å². The summed E-state index contributed by atoms with van der Waals surface area (Å²) in [6.07, 6.45) is 0. The van der Waals surface area contributed by atoms with Gasteiger partial charge in [-0.3, -0.25) is 4.79 Å². The molecular formula is C16H17FN2O2. The Kier molecular flexibility index (Phi) is 4.42. The largest absolute Gasteiger partial charge is 0.497 e. The minimum absolute atomic E-state index is 0.0236. The van der Waals surface area contributed by atoms with E-state index in [-0.39, 0.29) is 17.3 Å². The topological polar surface area (TPSA) is 64.3 Å². The second-order valence-electron chi connectivity index (χ2n) is 4.71. The third kappa shape index (κ3) is 3.51. The Hall–Kier alpha value is -2.56. The molecule has 2 aromatic rings. The molecule has 110 valence electrons. The average molecular weight is 288 g/mol. The summed E-state index contributed by atoms with van der Waals surface area (Å²) >= 11 is 0. The lowest BCUT2D eigenvalue weighted by Crippen LogP contribution is -2.27. The summed E-state index contributed by atoms with van der Waals surface area (Å²) in [5, 5.41) is 2.75. The van der Waals surface area contributed by atoms with Crippen molar-refractivity contribution in [1.29, 1.82) is 0 Å². The van der Waals surface area contributed by atoms with Gasteiger partial charge in [-0.05, 0) is 42.8 Å². The summed E-state index contributed by atoms with van der Waals surface area (Å²) in [4.78, 5) is 12.1. The second-order valence-corrected chi connectivity index (χ2v) is 4.71. The molecule has 2 aromatic carbocycles. The Balaban J connectivity index is 2.10. The van der Waals surface area contributed by atoms with Crippen LogP contribution in [0.25, 0.3) is 0 Å². The number of carbonyl (C=O) groups excluding carboxylic acids is 1. The lowest BCUT2D eigenvalue weighted by molar-refractivity contribution is 0.0936. The van der Waals surface area contributed by atoms with Crippen molar-refractivity contribution in [1.82, 2.24) is 5.32 Å². The number of amides is 1. The number of halogens is 1. The fourth-order valence-corrected chi connectivity index (χ4v) is 1.97. The van der Waals surface area contributed by atoms with Gasteiger partial charge in [0.2, 0.25) is 0 Å². The summed E-state index contributed by atoms with van der Waals surface area (Å²) in [7, 11) is 1.59. The van der Waals surface area contributed by atoms with Gasteiger partial charge in [-0.25, -0.2) is 4.39 Å². The third-order valence-electron chi connectivity index (χ3n) is 3.20. The van der Waals surface area contributed by atoms with Gasteiger partial charge in [0, 0.05) is 5.69 Å². The van der Waals surface area contributed by atoms with Crippen molar-refractivity contribution in [2.24, 2.45) is 0 Å². The zero-order valence-corrected chi connectivity index (χ0v) is 11.9. The highest BCUT2D eigenvalue weighted by molar-refractivity contribution is 5.95. The number of hydrogen-bond donors (Lipinski definition) is 2. The van der Waals surface area contributed by atoms with Crippen LogP contribution in [0.5, 0.6) is 5.75 Å². The number of ether oxygens (including phenoxy) is 1. The Bertz CT molecular complexity index is 641. The molecule has 3 N–H and O–H groups in total. The maximum absolute atomic E-state index is 13.7. The molecule has 0 aliphatic carbocycles. The summed E-state index contributed by atoms with van der Waals surface area (Å²) < 4.78 is 18.8. The van der Waals surface area contributed by atoms with Gasteiger partial charge >= 0.3 is 0 Å². The molecule has 0 spiro atoms. The van der Waals surface area contributed by atoms with Crippen molar-refractivity contribution < 1.29 is 13.9 Å². The molecule has 0 unspecified atom stereocenters. The zero-order chi connectivity index (χ0) is 15.4. The molecule has 1 atom stereocenters. The molecule has 1 amide bonds. The van der Waals surface area contributed by atoms with E-state index in [9.17, 15) is 9.18 Å². The molecular weight excluding hydrogens is 271 g/mol. The lowest BCUT2D eigenvalue weighted by Gasteiger charge is -2.15. The summed E-state index contributed by atoms with van der Waals surface area (Å²) in [6, 6.07) is 11.1. The quantitative estimate of drug-likeness (QED) is 0.850. The van der Waals surface area contributed by atoms with E-state index in [1.54, 1.807) is 7.11 Å². The predicted octanol–water partition coefficient (Wildman–Crippen LogP) is 2.91. The van der Waals surface area contributed by atoms with Crippen LogP contribution in [0.3, 0.4) is 0 Å². The van der Waals surface area contributed by atoms with Crippen LogP contribution in [0.4, 0.5) is 10.1 Å². The van der Waals surface area contributed by atoms with Crippen LogP contribution >= 0.6 is 0 Å². The number of nitrogen functional groups attached to an aromatic ring is 1. The highest BCUT2D eigenvalue weighted by Gasteiger charge is 2.15. The van der Waals surface area contributed by atoms with Gasteiger partial charge in [0.25, 0.3) is 5.91 Å². The van der Waals surface area contributed by atoms with Crippen molar-refractivity contribution in [3.8, 4) is 5.75 Å². The molecule has 0 fully saturated rings. The van der Waals surface area contributed by atoms with E-state index in [2.05, 4.69) is 5.32 Å². The van der Waals surface area contributed by atoms with E-state index in [1.807, 2.05) is 31.2 Å². The first-order chi connectivity index (χ1) is 10.0. The normalized spacial score (nSPS) is 11.8. The molecule has 0 saturated heterocycles. The molecule has 4 nitrogen and oxygen atoms in total. The van der Waals surface area contributed by atoms with Gasteiger partial charge in [-0.1, -0.05) is 12.1 Å². The molecule has 0 aliphatic rings. The number of benzene rings is 2. The minimum atomic E-state index is -0.630. The number of anilines is 1. The van der Waals surface area contributed by atoms with E-state index in [4.69, 9.17) is 10.5 Å². The fraction of sp³-hybridized carbons (Fsp3) is 0.188. The van der Waals surface area contributed by atoms with Crippen LogP contribution in [0.2, 0.25) is 0 Å². The molecule has 5 heteroatoms. The molecule has 0 bridgehead atoms. The molecule has 0 radical (unpaired) electrons. The van der Waals surface area contributed by atoms with Gasteiger partial charge in [0.05, 0.1) is 18.7 Å². The summed E-state index contributed by atoms with van der Waals surface area (Å²) in [6.45, 7) is 1.83. The molecule has 0 aromatic heterocycles. The Morgan fingerprint density at radius 3 is 2.48 bits per heavy atom. The van der Waals surface area contributed by atoms with Gasteiger partial charge < -0.3 is 15.8 Å². The molecule has 21 heavy (non-hydrogen) atoms. The van der Waals surface area contributed by atoms with Crippen molar-refractivity contribution in [2.75, 3.05) is 12.8 Å². The molecule has 2 rings (SSSR count).